The van der Waals surface area contributed by atoms with Crippen molar-refractivity contribution < 1.29 is 14.3 Å². The van der Waals surface area contributed by atoms with Crippen LogP contribution in [0.15, 0.2) is 24.3 Å². The minimum Gasteiger partial charge on any atom is -0.453 e. The molecule has 0 radical (unpaired) electrons. The average Bonchev–Trinajstić information content (AvgIpc) is 3.23. The third-order valence-corrected chi connectivity index (χ3v) is 5.58. The number of carbonyl (C=O) groups is 2. The first-order valence-corrected chi connectivity index (χ1v) is 9.78. The Morgan fingerprint density at radius 2 is 2.08 bits per heavy atom. The highest BCUT2D eigenvalue weighted by atomic mass is 32.1. The van der Waals surface area contributed by atoms with Gasteiger partial charge in [-0.2, -0.15) is 0 Å². The van der Waals surface area contributed by atoms with Crippen molar-refractivity contribution >= 4 is 33.4 Å². The normalized spacial score (nSPS) is 16.0. The zero-order chi connectivity index (χ0) is 17.6. The summed E-state index contributed by atoms with van der Waals surface area (Å²) in [4.78, 5) is 28.5. The molecule has 1 amide bonds. The van der Waals surface area contributed by atoms with E-state index in [1.165, 1.54) is 0 Å². The largest absolute Gasteiger partial charge is 0.453 e. The van der Waals surface area contributed by atoms with E-state index in [0.717, 1.165) is 47.3 Å². The Kier molecular flexibility index (Phi) is 6.02. The van der Waals surface area contributed by atoms with Crippen LogP contribution in [-0.2, 0) is 20.7 Å². The molecule has 25 heavy (non-hydrogen) atoms. The zero-order valence-corrected chi connectivity index (χ0v) is 15.3. The number of aryl methyl sites for hydroxylation is 1. The fourth-order valence-corrected chi connectivity index (χ4v) is 4.12. The van der Waals surface area contributed by atoms with E-state index in [9.17, 15) is 9.59 Å². The number of aromatic nitrogens is 1. The SMILES string of the molecule is C[C@@H](OC(=O)CCCc1nc2ccccc2s1)C(=O)NC1CCCC1. The lowest BCUT2D eigenvalue weighted by atomic mass is 10.2. The summed E-state index contributed by atoms with van der Waals surface area (Å²) in [7, 11) is 0. The molecule has 5 nitrogen and oxygen atoms in total. The van der Waals surface area contributed by atoms with E-state index in [1.807, 2.05) is 18.2 Å². The molecule has 2 aromatic rings. The summed E-state index contributed by atoms with van der Waals surface area (Å²) in [5.41, 5.74) is 1.00. The summed E-state index contributed by atoms with van der Waals surface area (Å²) < 4.78 is 6.42. The van der Waals surface area contributed by atoms with Gasteiger partial charge in [-0.1, -0.05) is 25.0 Å². The molecule has 1 saturated carbocycles. The lowest BCUT2D eigenvalue weighted by Gasteiger charge is -2.17. The second-order valence-corrected chi connectivity index (χ2v) is 7.67. The third-order valence-electron chi connectivity index (χ3n) is 4.49. The van der Waals surface area contributed by atoms with E-state index in [2.05, 4.69) is 16.4 Å². The summed E-state index contributed by atoms with van der Waals surface area (Å²) in [6, 6.07) is 8.26. The van der Waals surface area contributed by atoms with Gasteiger partial charge in [-0.15, -0.1) is 11.3 Å². The second-order valence-electron chi connectivity index (χ2n) is 6.55. The highest BCUT2D eigenvalue weighted by Crippen LogP contribution is 2.23. The van der Waals surface area contributed by atoms with Gasteiger partial charge in [0.1, 0.15) is 0 Å². The fraction of sp³-hybridized carbons (Fsp3) is 0.526. The van der Waals surface area contributed by atoms with E-state index in [0.29, 0.717) is 12.8 Å². The van der Waals surface area contributed by atoms with Gasteiger partial charge in [0, 0.05) is 12.5 Å². The predicted molar refractivity (Wildman–Crippen MR) is 98.5 cm³/mol. The van der Waals surface area contributed by atoms with Gasteiger partial charge in [-0.25, -0.2) is 4.98 Å². The number of esters is 1. The topological polar surface area (TPSA) is 68.3 Å². The van der Waals surface area contributed by atoms with Gasteiger partial charge < -0.3 is 10.1 Å². The number of benzene rings is 1. The van der Waals surface area contributed by atoms with Crippen molar-refractivity contribution in [1.29, 1.82) is 0 Å². The maximum atomic E-state index is 12.0. The van der Waals surface area contributed by atoms with Crippen LogP contribution in [0.2, 0.25) is 0 Å². The van der Waals surface area contributed by atoms with Crippen molar-refractivity contribution in [3.8, 4) is 0 Å². The Labute approximate surface area is 151 Å². The second kappa shape index (κ2) is 8.43. The number of hydrogen-bond acceptors (Lipinski definition) is 5. The standard InChI is InChI=1S/C19H24N2O3S/c1-13(19(23)20-14-7-2-3-8-14)24-18(22)12-6-11-17-21-15-9-4-5-10-16(15)25-17/h4-5,9-10,13-14H,2-3,6-8,11-12H2,1H3,(H,20,23)/t13-/m1/s1. The van der Waals surface area contributed by atoms with Crippen LogP contribution in [-0.4, -0.2) is 29.0 Å². The molecule has 1 atom stereocenters. The molecule has 0 saturated heterocycles. The Bertz CT molecular complexity index is 704. The number of amides is 1. The Morgan fingerprint density at radius 1 is 1.32 bits per heavy atom. The molecule has 1 heterocycles. The van der Waals surface area contributed by atoms with Crippen molar-refractivity contribution in [2.75, 3.05) is 0 Å². The number of thiazole rings is 1. The number of carbonyl (C=O) groups excluding carboxylic acids is 2. The van der Waals surface area contributed by atoms with E-state index >= 15 is 0 Å². The average molecular weight is 360 g/mol. The van der Waals surface area contributed by atoms with Gasteiger partial charge in [0.25, 0.3) is 5.91 Å². The molecule has 0 aliphatic heterocycles. The number of nitrogens with zero attached hydrogens (tertiary/aromatic N) is 1. The number of nitrogens with one attached hydrogen (secondary N) is 1. The third kappa shape index (κ3) is 5.01. The number of rotatable bonds is 7. The summed E-state index contributed by atoms with van der Waals surface area (Å²) >= 11 is 1.66. The Morgan fingerprint density at radius 3 is 2.84 bits per heavy atom. The summed E-state index contributed by atoms with van der Waals surface area (Å²) in [6.45, 7) is 1.63. The van der Waals surface area contributed by atoms with Crippen molar-refractivity contribution in [3.63, 3.8) is 0 Å². The van der Waals surface area contributed by atoms with Gasteiger partial charge >= 0.3 is 5.97 Å². The van der Waals surface area contributed by atoms with Gasteiger partial charge in [0.15, 0.2) is 6.10 Å². The monoisotopic (exact) mass is 360 g/mol. The van der Waals surface area contributed by atoms with Crippen LogP contribution in [0.1, 0.15) is 50.5 Å². The Hall–Kier alpha value is -1.95. The molecular formula is C19H24N2O3S. The number of ether oxygens (including phenoxy) is 1. The van der Waals surface area contributed by atoms with Crippen LogP contribution in [0.25, 0.3) is 10.2 Å². The molecule has 1 N–H and O–H groups in total. The first-order valence-electron chi connectivity index (χ1n) is 8.96. The zero-order valence-electron chi connectivity index (χ0n) is 14.5. The van der Waals surface area contributed by atoms with Crippen molar-refractivity contribution in [1.82, 2.24) is 10.3 Å². The van der Waals surface area contributed by atoms with Crippen LogP contribution in [0.4, 0.5) is 0 Å². The molecular weight excluding hydrogens is 336 g/mol. The van der Waals surface area contributed by atoms with Crippen LogP contribution in [0, 0.1) is 0 Å². The molecule has 6 heteroatoms. The van der Waals surface area contributed by atoms with Crippen molar-refractivity contribution in [3.05, 3.63) is 29.3 Å². The number of para-hydroxylation sites is 1. The van der Waals surface area contributed by atoms with E-state index in [-0.39, 0.29) is 17.9 Å². The molecule has 0 bridgehead atoms. The van der Waals surface area contributed by atoms with Crippen LogP contribution in [0.5, 0.6) is 0 Å². The minimum absolute atomic E-state index is 0.188. The van der Waals surface area contributed by atoms with Gasteiger partial charge in [-0.3, -0.25) is 9.59 Å². The van der Waals surface area contributed by atoms with E-state index < -0.39 is 6.10 Å². The van der Waals surface area contributed by atoms with Gasteiger partial charge in [0.2, 0.25) is 0 Å². The molecule has 1 aliphatic rings. The van der Waals surface area contributed by atoms with Crippen molar-refractivity contribution in [2.24, 2.45) is 0 Å². The summed E-state index contributed by atoms with van der Waals surface area (Å²) in [5, 5.41) is 3.99. The van der Waals surface area contributed by atoms with Gasteiger partial charge in [0.05, 0.1) is 15.2 Å². The maximum absolute atomic E-state index is 12.0. The molecule has 0 unspecified atom stereocenters. The van der Waals surface area contributed by atoms with E-state index in [1.54, 1.807) is 18.3 Å². The molecule has 1 fully saturated rings. The van der Waals surface area contributed by atoms with Crippen molar-refractivity contribution in [2.45, 2.75) is 64.0 Å². The lowest BCUT2D eigenvalue weighted by molar-refractivity contribution is -0.155. The Balaban J connectivity index is 1.39. The minimum atomic E-state index is -0.726. The van der Waals surface area contributed by atoms with Gasteiger partial charge in [-0.05, 0) is 44.7 Å². The first kappa shape index (κ1) is 17.9. The van der Waals surface area contributed by atoms with Crippen LogP contribution < -0.4 is 5.32 Å². The highest BCUT2D eigenvalue weighted by Gasteiger charge is 2.22. The van der Waals surface area contributed by atoms with E-state index in [4.69, 9.17) is 4.74 Å². The van der Waals surface area contributed by atoms with Crippen LogP contribution in [0.3, 0.4) is 0 Å². The highest BCUT2D eigenvalue weighted by molar-refractivity contribution is 7.18. The molecule has 1 aromatic heterocycles. The number of fused-ring (bicyclic) bond motifs is 1. The maximum Gasteiger partial charge on any atom is 0.306 e. The molecule has 0 spiro atoms. The number of hydrogen-bond donors (Lipinski definition) is 1. The summed E-state index contributed by atoms with van der Waals surface area (Å²) in [5.74, 6) is -0.512. The molecule has 3 rings (SSSR count). The molecule has 1 aliphatic carbocycles. The van der Waals surface area contributed by atoms with Crippen LogP contribution >= 0.6 is 11.3 Å². The fourth-order valence-electron chi connectivity index (χ4n) is 3.11. The summed E-state index contributed by atoms with van der Waals surface area (Å²) in [6.07, 6.45) is 5.36. The predicted octanol–water partition coefficient (Wildman–Crippen LogP) is 3.61. The molecule has 134 valence electrons. The lowest BCUT2D eigenvalue weighted by Crippen LogP contribution is -2.40. The quantitative estimate of drug-likeness (QED) is 0.766. The molecule has 1 aromatic carbocycles. The smallest absolute Gasteiger partial charge is 0.306 e. The first-order chi connectivity index (χ1) is 12.1.